The first-order valence-electron chi connectivity index (χ1n) is 9.05. The second-order valence-electron chi connectivity index (χ2n) is 5.55. The normalized spacial score (nSPS) is 10.9. The summed E-state index contributed by atoms with van der Waals surface area (Å²) in [6.45, 7) is 15.1. The van der Waals surface area contributed by atoms with Crippen molar-refractivity contribution in [3.05, 3.63) is 48.3 Å². The Bertz CT molecular complexity index is 516. The van der Waals surface area contributed by atoms with Gasteiger partial charge in [0.2, 0.25) is 0 Å². The van der Waals surface area contributed by atoms with Crippen molar-refractivity contribution in [1.29, 1.82) is 0 Å². The Morgan fingerprint density at radius 2 is 1.56 bits per heavy atom. The summed E-state index contributed by atoms with van der Waals surface area (Å²) < 4.78 is 21.8. The Balaban J connectivity index is 0. The highest BCUT2D eigenvalue weighted by Crippen LogP contribution is 2.04. The molecule has 27 heavy (non-hydrogen) atoms. The van der Waals surface area contributed by atoms with Gasteiger partial charge < -0.3 is 23.9 Å². The lowest BCUT2D eigenvalue weighted by molar-refractivity contribution is -0.911. The fraction of sp³-hybridized carbons (Fsp3) is 0.556. The van der Waals surface area contributed by atoms with E-state index in [2.05, 4.69) is 37.3 Å². The lowest BCUT2D eigenvalue weighted by Gasteiger charge is -2.15. The summed E-state index contributed by atoms with van der Waals surface area (Å²) in [5.41, 5.74) is 0. The minimum absolute atomic E-state index is 0. The SMILES string of the molecule is CCN(CC)Cc1ccco1.CC[NH+](CC)Cc1ccco1.O=[P+]([O-])O[O-].[HH]. The largest absolute Gasteiger partial charge is 0.674 e. The van der Waals surface area contributed by atoms with Crippen molar-refractivity contribution in [2.75, 3.05) is 26.2 Å². The molecule has 2 aromatic heterocycles. The van der Waals surface area contributed by atoms with E-state index in [1.165, 1.54) is 0 Å². The Labute approximate surface area is 163 Å². The van der Waals surface area contributed by atoms with Crippen molar-refractivity contribution in [1.82, 2.24) is 4.90 Å². The van der Waals surface area contributed by atoms with Gasteiger partial charge >= 0.3 is 8.25 Å². The molecule has 9 heteroatoms. The number of quaternary nitrogens is 1. The Hall–Kier alpha value is -1.54. The van der Waals surface area contributed by atoms with Crippen LogP contribution in [0.4, 0.5) is 0 Å². The zero-order chi connectivity index (χ0) is 20.5. The second-order valence-corrected chi connectivity index (χ2v) is 6.15. The van der Waals surface area contributed by atoms with E-state index in [1.807, 2.05) is 24.3 Å². The maximum atomic E-state index is 8.87. The van der Waals surface area contributed by atoms with Crippen LogP contribution in [-0.4, -0.2) is 31.1 Å². The molecule has 0 saturated heterocycles. The van der Waals surface area contributed by atoms with Crippen molar-refractivity contribution >= 4 is 8.25 Å². The number of hydrogen-bond acceptors (Lipinski definition) is 7. The van der Waals surface area contributed by atoms with Crippen molar-refractivity contribution in [3.63, 3.8) is 0 Å². The zero-order valence-corrected chi connectivity index (χ0v) is 17.4. The van der Waals surface area contributed by atoms with E-state index in [1.54, 1.807) is 17.4 Å². The summed E-state index contributed by atoms with van der Waals surface area (Å²) >= 11 is 0. The lowest BCUT2D eigenvalue weighted by atomic mass is 10.4. The summed E-state index contributed by atoms with van der Waals surface area (Å²) in [4.78, 5) is 12.7. The van der Waals surface area contributed by atoms with E-state index >= 15 is 0 Å². The highest BCUT2D eigenvalue weighted by Gasteiger charge is 2.05. The van der Waals surface area contributed by atoms with Crippen LogP contribution in [0.1, 0.15) is 40.6 Å². The van der Waals surface area contributed by atoms with Crippen LogP contribution in [0.25, 0.3) is 0 Å². The third kappa shape index (κ3) is 13.3. The molecule has 2 rings (SSSR count). The average Bonchev–Trinajstić information content (AvgIpc) is 3.39. The molecule has 1 N–H and O–H groups in total. The molecular weight excluding hydrogens is 371 g/mol. The van der Waals surface area contributed by atoms with Gasteiger partial charge in [-0.05, 0) is 55.8 Å². The minimum atomic E-state index is -3.15. The lowest BCUT2D eigenvalue weighted by Crippen LogP contribution is -3.10. The molecule has 0 aromatic carbocycles. The fourth-order valence-corrected chi connectivity index (χ4v) is 2.23. The van der Waals surface area contributed by atoms with Crippen molar-refractivity contribution in [2.24, 2.45) is 0 Å². The van der Waals surface area contributed by atoms with Crippen molar-refractivity contribution in [3.8, 4) is 0 Å². The molecule has 0 aliphatic carbocycles. The van der Waals surface area contributed by atoms with Crippen LogP contribution >= 0.6 is 8.25 Å². The summed E-state index contributed by atoms with van der Waals surface area (Å²) in [7, 11) is -3.15. The number of hydrogen-bond donors (Lipinski definition) is 1. The number of nitrogens with zero attached hydrogens (tertiary/aromatic N) is 1. The highest BCUT2D eigenvalue weighted by molar-refractivity contribution is 7.30. The van der Waals surface area contributed by atoms with Crippen LogP contribution in [0.3, 0.4) is 0 Å². The molecule has 0 saturated carbocycles. The molecule has 0 aliphatic rings. The molecular formula is C18H33N2O6P. The third-order valence-electron chi connectivity index (χ3n) is 3.92. The van der Waals surface area contributed by atoms with Gasteiger partial charge in [-0.25, -0.2) is 4.67 Å². The summed E-state index contributed by atoms with van der Waals surface area (Å²) in [6.07, 6.45) is 3.46. The van der Waals surface area contributed by atoms with Gasteiger partial charge in [0.25, 0.3) is 0 Å². The van der Waals surface area contributed by atoms with E-state index < -0.39 is 8.25 Å². The van der Waals surface area contributed by atoms with Crippen LogP contribution < -0.4 is 15.1 Å². The van der Waals surface area contributed by atoms with E-state index in [4.69, 9.17) is 23.5 Å². The fourth-order valence-electron chi connectivity index (χ4n) is 2.23. The molecule has 0 radical (unpaired) electrons. The Kier molecular flexibility index (Phi) is 15.7. The topological polar surface area (TPSA) is 106 Å². The molecule has 1 unspecified atom stereocenters. The first-order chi connectivity index (χ1) is 13.0. The Morgan fingerprint density at radius 3 is 1.89 bits per heavy atom. The molecule has 0 bridgehead atoms. The van der Waals surface area contributed by atoms with Gasteiger partial charge in [-0.15, -0.1) is 0 Å². The number of nitrogens with one attached hydrogen (secondary N) is 1. The highest BCUT2D eigenvalue weighted by atomic mass is 31.1. The molecule has 0 spiro atoms. The maximum Gasteiger partial charge on any atom is 0.479 e. The van der Waals surface area contributed by atoms with Gasteiger partial charge in [-0.2, -0.15) is 0 Å². The zero-order valence-electron chi connectivity index (χ0n) is 16.6. The van der Waals surface area contributed by atoms with Gasteiger partial charge in [0.15, 0.2) is 5.76 Å². The van der Waals surface area contributed by atoms with E-state index in [0.29, 0.717) is 0 Å². The molecule has 2 aromatic rings. The van der Waals surface area contributed by atoms with Gasteiger partial charge in [-0.1, -0.05) is 13.8 Å². The molecule has 0 fully saturated rings. The van der Waals surface area contributed by atoms with E-state index in [9.17, 15) is 0 Å². The summed E-state index contributed by atoms with van der Waals surface area (Å²) in [6, 6.07) is 7.92. The predicted molar refractivity (Wildman–Crippen MR) is 101 cm³/mol. The molecule has 8 nitrogen and oxygen atoms in total. The maximum absolute atomic E-state index is 8.87. The number of furan rings is 2. The monoisotopic (exact) mass is 404 g/mol. The van der Waals surface area contributed by atoms with Crippen molar-refractivity contribution in [2.45, 2.75) is 40.8 Å². The first kappa shape index (κ1) is 25.5. The molecule has 0 amide bonds. The standard InChI is InChI=1S/2C9H15NO.HO4P.H2/c2*1-3-10(4-2)8-9-6-5-7-11-9;1-4-5(2)3;/h2*5-7H,3-4,8H2,1-2H3;1H;1H. The van der Waals surface area contributed by atoms with E-state index in [-0.39, 0.29) is 1.43 Å². The van der Waals surface area contributed by atoms with Gasteiger partial charge in [-0.3, -0.25) is 4.90 Å². The predicted octanol–water partition coefficient (Wildman–Crippen LogP) is 1.37. The summed E-state index contributed by atoms with van der Waals surface area (Å²) in [5.74, 6) is 2.14. The molecule has 1 atom stereocenters. The Morgan fingerprint density at radius 1 is 1.07 bits per heavy atom. The van der Waals surface area contributed by atoms with Crippen LogP contribution in [0.5, 0.6) is 0 Å². The third-order valence-corrected chi connectivity index (χ3v) is 4.04. The van der Waals surface area contributed by atoms with Gasteiger partial charge in [0, 0.05) is 1.43 Å². The van der Waals surface area contributed by atoms with Crippen LogP contribution in [0, 0.1) is 0 Å². The molecule has 2 heterocycles. The van der Waals surface area contributed by atoms with Gasteiger partial charge in [0.05, 0.1) is 32.2 Å². The quantitative estimate of drug-likeness (QED) is 0.382. The average molecular weight is 404 g/mol. The van der Waals surface area contributed by atoms with Gasteiger partial charge in [0.1, 0.15) is 12.3 Å². The summed E-state index contributed by atoms with van der Waals surface area (Å²) in [5, 5.41) is 8.53. The smallest absolute Gasteiger partial charge is 0.479 e. The van der Waals surface area contributed by atoms with Crippen LogP contribution in [0.15, 0.2) is 45.6 Å². The minimum Gasteiger partial charge on any atom is -0.674 e. The van der Waals surface area contributed by atoms with E-state index in [0.717, 1.165) is 50.8 Å². The van der Waals surface area contributed by atoms with Crippen LogP contribution in [0.2, 0.25) is 0 Å². The number of rotatable bonds is 9. The molecule has 0 aliphatic heterocycles. The van der Waals surface area contributed by atoms with Crippen molar-refractivity contribution < 1.29 is 34.6 Å². The van der Waals surface area contributed by atoms with Crippen LogP contribution in [-0.2, 0) is 22.3 Å². The first-order valence-corrected chi connectivity index (χ1v) is 10.1. The molecule has 156 valence electrons. The second kappa shape index (κ2) is 16.6.